The van der Waals surface area contributed by atoms with E-state index in [1.54, 1.807) is 17.5 Å². The molecule has 4 heterocycles. The average molecular weight is 402 g/mol. The predicted molar refractivity (Wildman–Crippen MR) is 113 cm³/mol. The van der Waals surface area contributed by atoms with Crippen molar-refractivity contribution in [3.05, 3.63) is 58.7 Å². The molecule has 29 heavy (non-hydrogen) atoms. The Morgan fingerprint density at radius 2 is 2.03 bits per heavy atom. The molecule has 2 aliphatic rings. The predicted octanol–water partition coefficient (Wildman–Crippen LogP) is 4.58. The van der Waals surface area contributed by atoms with E-state index in [2.05, 4.69) is 16.4 Å². The van der Waals surface area contributed by atoms with Crippen LogP contribution in [0.25, 0.3) is 21.6 Å². The van der Waals surface area contributed by atoms with Crippen LogP contribution in [0, 0.1) is 0 Å². The van der Waals surface area contributed by atoms with Crippen molar-refractivity contribution < 1.29 is 9.47 Å². The fraction of sp³-hybridized carbons (Fsp3) is 0.227. The first-order valence-corrected chi connectivity index (χ1v) is 10.5. The molecule has 3 aromatic heterocycles. The number of hydrogen-bond donors (Lipinski definition) is 1. The van der Waals surface area contributed by atoms with E-state index in [0.717, 1.165) is 46.1 Å². The van der Waals surface area contributed by atoms with E-state index in [-0.39, 0.29) is 6.79 Å². The van der Waals surface area contributed by atoms with Gasteiger partial charge >= 0.3 is 0 Å². The summed E-state index contributed by atoms with van der Waals surface area (Å²) in [5, 5.41) is 4.74. The molecular weight excluding hydrogens is 384 g/mol. The zero-order valence-corrected chi connectivity index (χ0v) is 16.5. The molecule has 1 aromatic carbocycles. The van der Waals surface area contributed by atoms with Gasteiger partial charge in [-0.15, -0.1) is 11.3 Å². The number of ether oxygens (including phenoxy) is 2. The molecule has 4 aromatic rings. The summed E-state index contributed by atoms with van der Waals surface area (Å²) in [4.78, 5) is 16.5. The van der Waals surface area contributed by atoms with Crippen molar-refractivity contribution in [2.24, 2.45) is 0 Å². The zero-order valence-electron chi connectivity index (χ0n) is 15.6. The van der Waals surface area contributed by atoms with Crippen LogP contribution in [0.1, 0.15) is 22.4 Å². The minimum atomic E-state index is 0.286. The van der Waals surface area contributed by atoms with Crippen LogP contribution in [0.3, 0.4) is 0 Å². The third-order valence-corrected chi connectivity index (χ3v) is 6.57. The Hall–Kier alpha value is -3.19. The molecule has 0 spiro atoms. The highest BCUT2D eigenvalue weighted by atomic mass is 32.1. The molecule has 1 N–H and O–H groups in total. The molecule has 6 rings (SSSR count). The Balaban J connectivity index is 1.40. The summed E-state index contributed by atoms with van der Waals surface area (Å²) >= 11 is 1.80. The molecule has 6 nitrogen and oxygen atoms in total. The molecule has 0 atom stereocenters. The van der Waals surface area contributed by atoms with Gasteiger partial charge in [-0.25, -0.2) is 9.97 Å². The Morgan fingerprint density at radius 1 is 1.07 bits per heavy atom. The summed E-state index contributed by atoms with van der Waals surface area (Å²) in [6.07, 6.45) is 7.03. The number of nitrogens with one attached hydrogen (secondary N) is 1. The number of benzene rings is 1. The number of nitrogens with zero attached hydrogens (tertiary/aromatic N) is 3. The Morgan fingerprint density at radius 3 is 2.97 bits per heavy atom. The summed E-state index contributed by atoms with van der Waals surface area (Å²) in [6, 6.07) is 9.94. The second-order valence-electron chi connectivity index (χ2n) is 7.22. The van der Waals surface area contributed by atoms with E-state index in [0.29, 0.717) is 12.4 Å². The van der Waals surface area contributed by atoms with Crippen molar-refractivity contribution in [1.29, 1.82) is 0 Å². The first-order chi connectivity index (χ1) is 14.3. The number of aryl methyl sites for hydroxylation is 2. The normalized spacial score (nSPS) is 14.3. The lowest BCUT2D eigenvalue weighted by atomic mass is 10.1. The monoisotopic (exact) mass is 402 g/mol. The van der Waals surface area contributed by atoms with E-state index >= 15 is 0 Å². The third-order valence-electron chi connectivity index (χ3n) is 5.38. The fourth-order valence-electron chi connectivity index (χ4n) is 3.98. The van der Waals surface area contributed by atoms with E-state index in [9.17, 15) is 0 Å². The van der Waals surface area contributed by atoms with Gasteiger partial charge in [0, 0.05) is 29.4 Å². The number of aromatic nitrogens is 3. The van der Waals surface area contributed by atoms with Gasteiger partial charge in [0.15, 0.2) is 17.3 Å². The highest BCUT2D eigenvalue weighted by molar-refractivity contribution is 7.19. The molecule has 0 unspecified atom stereocenters. The Labute approximate surface area is 171 Å². The maximum atomic E-state index is 5.51. The van der Waals surface area contributed by atoms with E-state index in [1.807, 2.05) is 30.5 Å². The molecule has 1 aliphatic heterocycles. The van der Waals surface area contributed by atoms with Crippen molar-refractivity contribution >= 4 is 27.4 Å². The van der Waals surface area contributed by atoms with Crippen LogP contribution >= 0.6 is 11.3 Å². The molecule has 1 aliphatic carbocycles. The molecule has 0 saturated carbocycles. The van der Waals surface area contributed by atoms with Gasteiger partial charge in [-0.2, -0.15) is 0 Å². The molecule has 0 fully saturated rings. The highest BCUT2D eigenvalue weighted by Gasteiger charge is 2.23. The fourth-order valence-corrected chi connectivity index (χ4v) is 5.25. The molecule has 0 radical (unpaired) electrons. The van der Waals surface area contributed by atoms with Gasteiger partial charge in [-0.1, -0.05) is 6.07 Å². The number of hydrogen-bond acceptors (Lipinski definition) is 7. The van der Waals surface area contributed by atoms with E-state index < -0.39 is 0 Å². The second-order valence-corrected chi connectivity index (χ2v) is 8.30. The summed E-state index contributed by atoms with van der Waals surface area (Å²) in [5.41, 5.74) is 3.46. The molecule has 0 bridgehead atoms. The van der Waals surface area contributed by atoms with Crippen LogP contribution in [0.2, 0.25) is 0 Å². The first-order valence-electron chi connectivity index (χ1n) is 9.70. The van der Waals surface area contributed by atoms with Gasteiger partial charge in [0.05, 0.1) is 5.39 Å². The largest absolute Gasteiger partial charge is 0.454 e. The third kappa shape index (κ3) is 2.89. The van der Waals surface area contributed by atoms with E-state index in [1.165, 1.54) is 22.2 Å². The van der Waals surface area contributed by atoms with Gasteiger partial charge in [0.2, 0.25) is 6.79 Å². The smallest absolute Gasteiger partial charge is 0.231 e. The topological polar surface area (TPSA) is 69.2 Å². The standard InChI is InChI=1S/C22H18N4O2S/c1-4-15-18(5-1)29-22-19(15)21(25-20(26-22)14-3-2-8-23-11-14)24-10-13-6-7-16-17(9-13)28-12-27-16/h2-3,6-9,11H,1,4-5,10,12H2,(H,24,25,26). The van der Waals surface area contributed by atoms with E-state index in [4.69, 9.17) is 19.4 Å². The number of anilines is 1. The maximum Gasteiger partial charge on any atom is 0.231 e. The van der Waals surface area contributed by atoms with Gasteiger partial charge in [0.25, 0.3) is 0 Å². The summed E-state index contributed by atoms with van der Waals surface area (Å²) in [6.45, 7) is 0.939. The van der Waals surface area contributed by atoms with Crippen molar-refractivity contribution in [2.75, 3.05) is 12.1 Å². The Kier molecular flexibility index (Phi) is 3.87. The van der Waals surface area contributed by atoms with Crippen LogP contribution in [0.4, 0.5) is 5.82 Å². The van der Waals surface area contributed by atoms with Crippen LogP contribution in [-0.2, 0) is 19.4 Å². The summed E-state index contributed by atoms with van der Waals surface area (Å²) in [5.74, 6) is 3.20. The number of thiophene rings is 1. The first kappa shape index (κ1) is 16.7. The zero-order chi connectivity index (χ0) is 19.2. The van der Waals surface area contributed by atoms with Crippen LogP contribution in [-0.4, -0.2) is 21.7 Å². The molecule has 144 valence electrons. The lowest BCUT2D eigenvalue weighted by Crippen LogP contribution is -2.04. The minimum absolute atomic E-state index is 0.286. The van der Waals surface area contributed by atoms with Crippen LogP contribution < -0.4 is 14.8 Å². The number of fused-ring (bicyclic) bond motifs is 4. The number of pyridine rings is 1. The summed E-state index contributed by atoms with van der Waals surface area (Å²) in [7, 11) is 0. The van der Waals surface area contributed by atoms with Gasteiger partial charge < -0.3 is 14.8 Å². The molecular formula is C22H18N4O2S. The lowest BCUT2D eigenvalue weighted by molar-refractivity contribution is 0.174. The SMILES string of the molecule is c1cncc(-c2nc(NCc3ccc4c(c3)OCO4)c3c4c(sc3n2)CCC4)c1. The highest BCUT2D eigenvalue weighted by Crippen LogP contribution is 2.40. The van der Waals surface area contributed by atoms with Crippen LogP contribution in [0.15, 0.2) is 42.7 Å². The number of rotatable bonds is 4. The van der Waals surface area contributed by atoms with Crippen molar-refractivity contribution in [3.63, 3.8) is 0 Å². The van der Waals surface area contributed by atoms with Crippen molar-refractivity contribution in [1.82, 2.24) is 15.0 Å². The quantitative estimate of drug-likeness (QED) is 0.539. The van der Waals surface area contributed by atoms with Crippen molar-refractivity contribution in [2.45, 2.75) is 25.8 Å². The van der Waals surface area contributed by atoms with Gasteiger partial charge in [0.1, 0.15) is 10.6 Å². The van der Waals surface area contributed by atoms with Gasteiger partial charge in [-0.05, 0) is 54.7 Å². The molecule has 0 amide bonds. The second kappa shape index (κ2) is 6.70. The minimum Gasteiger partial charge on any atom is -0.454 e. The molecule has 0 saturated heterocycles. The van der Waals surface area contributed by atoms with Crippen LogP contribution in [0.5, 0.6) is 11.5 Å². The molecule has 7 heteroatoms. The maximum absolute atomic E-state index is 5.51. The van der Waals surface area contributed by atoms with Gasteiger partial charge in [-0.3, -0.25) is 4.98 Å². The van der Waals surface area contributed by atoms with Crippen molar-refractivity contribution in [3.8, 4) is 22.9 Å². The summed E-state index contributed by atoms with van der Waals surface area (Å²) < 4.78 is 10.9. The average Bonchev–Trinajstić information content (AvgIpc) is 3.47. The Bertz CT molecular complexity index is 1220. The lowest BCUT2D eigenvalue weighted by Gasteiger charge is -2.11.